The first-order chi connectivity index (χ1) is 9.77. The number of hydrogen-bond donors (Lipinski definition) is 3. The second kappa shape index (κ2) is 7.64. The molecule has 122 valence electrons. The summed E-state index contributed by atoms with van der Waals surface area (Å²) in [5.41, 5.74) is -0.795. The predicted octanol–water partition coefficient (Wildman–Crippen LogP) is 1.52. The largest absolute Gasteiger partial charge is 0.481 e. The number of nitrogens with zero attached hydrogens (tertiary/aromatic N) is 1. The van der Waals surface area contributed by atoms with Gasteiger partial charge in [-0.05, 0) is 52.6 Å². The summed E-state index contributed by atoms with van der Waals surface area (Å²) in [7, 11) is 3.90. The van der Waals surface area contributed by atoms with Crippen molar-refractivity contribution in [2.24, 2.45) is 11.3 Å². The molecule has 6 heteroatoms. The molecule has 3 N–H and O–H groups in total. The van der Waals surface area contributed by atoms with Crippen LogP contribution in [0.4, 0.5) is 4.79 Å². The molecule has 0 aromatic rings. The van der Waals surface area contributed by atoms with Gasteiger partial charge in [0.25, 0.3) is 0 Å². The number of amides is 2. The topological polar surface area (TPSA) is 81.7 Å². The molecule has 0 heterocycles. The summed E-state index contributed by atoms with van der Waals surface area (Å²) in [5, 5.41) is 15.0. The molecular weight excluding hydrogens is 270 g/mol. The first kappa shape index (κ1) is 17.8. The van der Waals surface area contributed by atoms with Crippen molar-refractivity contribution < 1.29 is 14.7 Å². The average molecular weight is 299 g/mol. The second-order valence-electron chi connectivity index (χ2n) is 6.64. The lowest BCUT2D eigenvalue weighted by Crippen LogP contribution is -2.49. The summed E-state index contributed by atoms with van der Waals surface area (Å²) >= 11 is 0. The molecule has 0 radical (unpaired) electrons. The molecule has 21 heavy (non-hydrogen) atoms. The Hall–Kier alpha value is -1.30. The van der Waals surface area contributed by atoms with Crippen LogP contribution in [0.1, 0.15) is 39.5 Å². The van der Waals surface area contributed by atoms with Crippen LogP contribution >= 0.6 is 0 Å². The molecule has 0 bridgehead atoms. The molecule has 0 aromatic heterocycles. The smallest absolute Gasteiger partial charge is 0.314 e. The van der Waals surface area contributed by atoms with Crippen LogP contribution in [0.25, 0.3) is 0 Å². The zero-order valence-corrected chi connectivity index (χ0v) is 13.6. The van der Waals surface area contributed by atoms with Crippen LogP contribution in [-0.2, 0) is 4.79 Å². The molecular formula is C15H29N3O3. The number of carbonyl (C=O) groups excluding carboxylic acids is 1. The van der Waals surface area contributed by atoms with Crippen molar-refractivity contribution in [2.45, 2.75) is 45.6 Å². The van der Waals surface area contributed by atoms with Crippen LogP contribution in [0.15, 0.2) is 0 Å². The molecule has 6 nitrogen and oxygen atoms in total. The maximum atomic E-state index is 11.8. The van der Waals surface area contributed by atoms with E-state index in [1.54, 1.807) is 0 Å². The summed E-state index contributed by atoms with van der Waals surface area (Å²) in [6.07, 6.45) is 3.09. The Bertz CT molecular complexity index is 363. The van der Waals surface area contributed by atoms with E-state index in [1.165, 1.54) is 0 Å². The van der Waals surface area contributed by atoms with Gasteiger partial charge in [-0.25, -0.2) is 4.79 Å². The van der Waals surface area contributed by atoms with Gasteiger partial charge in [0, 0.05) is 19.1 Å². The molecule has 1 aliphatic carbocycles. The van der Waals surface area contributed by atoms with E-state index in [-0.39, 0.29) is 18.6 Å². The van der Waals surface area contributed by atoms with E-state index < -0.39 is 11.4 Å². The van der Waals surface area contributed by atoms with E-state index >= 15 is 0 Å². The number of hydrogen-bond acceptors (Lipinski definition) is 3. The van der Waals surface area contributed by atoms with Crippen LogP contribution in [0.5, 0.6) is 0 Å². The lowest BCUT2D eigenvalue weighted by molar-refractivity contribution is -0.151. The number of urea groups is 1. The monoisotopic (exact) mass is 299 g/mol. The average Bonchev–Trinajstić information content (AvgIpc) is 2.44. The van der Waals surface area contributed by atoms with Gasteiger partial charge in [-0.3, -0.25) is 4.79 Å². The summed E-state index contributed by atoms with van der Waals surface area (Å²) in [4.78, 5) is 25.4. The molecule has 0 spiro atoms. The first-order valence-corrected chi connectivity index (χ1v) is 7.68. The minimum absolute atomic E-state index is 0.206. The van der Waals surface area contributed by atoms with E-state index in [0.717, 1.165) is 12.8 Å². The molecule has 0 aromatic carbocycles. The highest BCUT2D eigenvalue weighted by Gasteiger charge is 2.41. The fraction of sp³-hybridized carbons (Fsp3) is 0.867. The molecule has 0 aliphatic heterocycles. The zero-order chi connectivity index (χ0) is 16.0. The third-order valence-electron chi connectivity index (χ3n) is 4.71. The number of carboxylic acid groups (broad SMARTS) is 1. The lowest BCUT2D eigenvalue weighted by Gasteiger charge is -2.35. The van der Waals surface area contributed by atoms with Gasteiger partial charge in [0.1, 0.15) is 0 Å². The van der Waals surface area contributed by atoms with Gasteiger partial charge < -0.3 is 20.6 Å². The Kier molecular flexibility index (Phi) is 6.45. The minimum Gasteiger partial charge on any atom is -0.481 e. The van der Waals surface area contributed by atoms with Crippen LogP contribution in [0.2, 0.25) is 0 Å². The molecule has 1 saturated carbocycles. The number of nitrogens with one attached hydrogen (secondary N) is 2. The second-order valence-corrected chi connectivity index (χ2v) is 6.64. The molecule has 1 rings (SSSR count). The van der Waals surface area contributed by atoms with E-state index in [9.17, 15) is 14.7 Å². The highest BCUT2D eigenvalue weighted by molar-refractivity contribution is 5.78. The van der Waals surface area contributed by atoms with Crippen molar-refractivity contribution in [1.29, 1.82) is 0 Å². The van der Waals surface area contributed by atoms with Crippen molar-refractivity contribution in [3.63, 3.8) is 0 Å². The molecule has 1 fully saturated rings. The van der Waals surface area contributed by atoms with Gasteiger partial charge in [0.05, 0.1) is 5.41 Å². The molecule has 0 saturated heterocycles. The van der Waals surface area contributed by atoms with Gasteiger partial charge in [0.15, 0.2) is 0 Å². The van der Waals surface area contributed by atoms with Crippen LogP contribution in [-0.4, -0.2) is 55.2 Å². The predicted molar refractivity (Wildman–Crippen MR) is 82.3 cm³/mol. The Morgan fingerprint density at radius 3 is 2.33 bits per heavy atom. The quantitative estimate of drug-likeness (QED) is 0.694. The van der Waals surface area contributed by atoms with E-state index in [4.69, 9.17) is 0 Å². The normalized spacial score (nSPS) is 27.2. The fourth-order valence-corrected chi connectivity index (χ4v) is 2.52. The SMILES string of the molecule is CC1CCC(CNC(=O)NCC(C)N(C)C)(C(=O)O)CC1. The molecule has 2 amide bonds. The lowest BCUT2D eigenvalue weighted by atomic mass is 9.71. The van der Waals surface area contributed by atoms with Crippen molar-refractivity contribution >= 4 is 12.0 Å². The van der Waals surface area contributed by atoms with Crippen molar-refractivity contribution in [3.05, 3.63) is 0 Å². The Morgan fingerprint density at radius 2 is 1.86 bits per heavy atom. The Labute approximate surface area is 127 Å². The maximum Gasteiger partial charge on any atom is 0.314 e. The van der Waals surface area contributed by atoms with Gasteiger partial charge in [-0.15, -0.1) is 0 Å². The fourth-order valence-electron chi connectivity index (χ4n) is 2.52. The zero-order valence-electron chi connectivity index (χ0n) is 13.6. The number of carbonyl (C=O) groups is 2. The summed E-state index contributed by atoms with van der Waals surface area (Å²) in [5.74, 6) is -0.219. The van der Waals surface area contributed by atoms with E-state index in [1.807, 2.05) is 25.9 Å². The van der Waals surface area contributed by atoms with Gasteiger partial charge in [0.2, 0.25) is 0 Å². The third kappa shape index (κ3) is 5.19. The maximum absolute atomic E-state index is 11.8. The van der Waals surface area contributed by atoms with Crippen LogP contribution < -0.4 is 10.6 Å². The van der Waals surface area contributed by atoms with Crippen LogP contribution in [0.3, 0.4) is 0 Å². The van der Waals surface area contributed by atoms with Crippen molar-refractivity contribution in [2.75, 3.05) is 27.2 Å². The van der Waals surface area contributed by atoms with Gasteiger partial charge >= 0.3 is 12.0 Å². The molecule has 1 atom stereocenters. The third-order valence-corrected chi connectivity index (χ3v) is 4.71. The minimum atomic E-state index is -0.795. The van der Waals surface area contributed by atoms with Crippen molar-refractivity contribution in [3.8, 4) is 0 Å². The summed E-state index contributed by atoms with van der Waals surface area (Å²) in [6, 6.07) is -0.0531. The first-order valence-electron chi connectivity index (χ1n) is 7.68. The number of carboxylic acids is 1. The van der Waals surface area contributed by atoms with Crippen LogP contribution in [0, 0.1) is 11.3 Å². The van der Waals surface area contributed by atoms with E-state index in [0.29, 0.717) is 25.3 Å². The molecule has 1 aliphatic rings. The van der Waals surface area contributed by atoms with E-state index in [2.05, 4.69) is 17.6 Å². The summed E-state index contributed by atoms with van der Waals surface area (Å²) < 4.78 is 0. The van der Waals surface area contributed by atoms with Gasteiger partial charge in [-0.1, -0.05) is 6.92 Å². The standard InChI is InChI=1S/C15H29N3O3/c1-11-5-7-15(8-6-11,13(19)20)10-17-14(21)16-9-12(2)18(3)4/h11-12H,5-10H2,1-4H3,(H,19,20)(H2,16,17,21). The summed E-state index contributed by atoms with van der Waals surface area (Å²) in [6.45, 7) is 4.91. The van der Waals surface area contributed by atoms with Gasteiger partial charge in [-0.2, -0.15) is 0 Å². The Morgan fingerprint density at radius 1 is 1.29 bits per heavy atom. The number of rotatable bonds is 6. The number of aliphatic carboxylic acids is 1. The number of likely N-dealkylation sites (N-methyl/N-ethyl adjacent to an activating group) is 1. The highest BCUT2D eigenvalue weighted by Crippen LogP contribution is 2.38. The molecule has 1 unspecified atom stereocenters. The Balaban J connectivity index is 2.43. The van der Waals surface area contributed by atoms with Crippen molar-refractivity contribution in [1.82, 2.24) is 15.5 Å². The highest BCUT2D eigenvalue weighted by atomic mass is 16.4.